The Hall–Kier alpha value is -1.39. The number of fused-ring (bicyclic) bond motifs is 1. The second-order valence-electron chi connectivity index (χ2n) is 4.91. The van der Waals surface area contributed by atoms with Crippen molar-refractivity contribution < 1.29 is 4.74 Å². The zero-order valence-corrected chi connectivity index (χ0v) is 11.9. The molecule has 1 aliphatic rings. The van der Waals surface area contributed by atoms with Gasteiger partial charge in [-0.15, -0.1) is 11.3 Å². The summed E-state index contributed by atoms with van der Waals surface area (Å²) in [6.45, 7) is 0. The van der Waals surface area contributed by atoms with Crippen LogP contribution in [0.4, 0.5) is 0 Å². The third kappa shape index (κ3) is 2.65. The lowest BCUT2D eigenvalue weighted by Gasteiger charge is -2.11. The van der Waals surface area contributed by atoms with Gasteiger partial charge in [0.25, 0.3) is 0 Å². The molecule has 19 heavy (non-hydrogen) atoms. The SMILES string of the molecule is COc1ccc(C(N)Cc2nc3c(s2)CCC3)cc1. The highest BCUT2D eigenvalue weighted by Crippen LogP contribution is 2.29. The molecule has 0 aliphatic heterocycles. The van der Waals surface area contributed by atoms with E-state index in [0.717, 1.165) is 24.2 Å². The summed E-state index contributed by atoms with van der Waals surface area (Å²) in [5.41, 5.74) is 8.71. The predicted molar refractivity (Wildman–Crippen MR) is 77.8 cm³/mol. The molecule has 0 spiro atoms. The van der Waals surface area contributed by atoms with Crippen molar-refractivity contribution in [3.8, 4) is 5.75 Å². The van der Waals surface area contributed by atoms with Gasteiger partial charge in [-0.3, -0.25) is 0 Å². The third-order valence-electron chi connectivity index (χ3n) is 3.58. The topological polar surface area (TPSA) is 48.1 Å². The van der Waals surface area contributed by atoms with E-state index in [9.17, 15) is 0 Å². The molecule has 1 heterocycles. The number of rotatable bonds is 4. The molecule has 0 amide bonds. The Kier molecular flexibility index (Phi) is 3.53. The van der Waals surface area contributed by atoms with Crippen LogP contribution in [0.2, 0.25) is 0 Å². The number of ether oxygens (including phenoxy) is 1. The summed E-state index contributed by atoms with van der Waals surface area (Å²) in [4.78, 5) is 6.17. The molecule has 1 aliphatic carbocycles. The fourth-order valence-corrected chi connectivity index (χ4v) is 3.70. The number of nitrogens with zero attached hydrogens (tertiary/aromatic N) is 1. The van der Waals surface area contributed by atoms with Gasteiger partial charge in [-0.1, -0.05) is 12.1 Å². The van der Waals surface area contributed by atoms with Crippen LogP contribution in [0.15, 0.2) is 24.3 Å². The largest absolute Gasteiger partial charge is 0.497 e. The van der Waals surface area contributed by atoms with Crippen molar-refractivity contribution in [3.05, 3.63) is 45.4 Å². The van der Waals surface area contributed by atoms with Gasteiger partial charge >= 0.3 is 0 Å². The first-order chi connectivity index (χ1) is 9.26. The summed E-state index contributed by atoms with van der Waals surface area (Å²) in [7, 11) is 1.67. The van der Waals surface area contributed by atoms with Crippen LogP contribution in [0.1, 0.15) is 33.6 Å². The number of aromatic nitrogens is 1. The average Bonchev–Trinajstić information content (AvgIpc) is 2.99. The van der Waals surface area contributed by atoms with E-state index in [1.165, 1.54) is 28.4 Å². The third-order valence-corrected chi connectivity index (χ3v) is 4.76. The van der Waals surface area contributed by atoms with Gasteiger partial charge < -0.3 is 10.5 Å². The van der Waals surface area contributed by atoms with Gasteiger partial charge in [0.2, 0.25) is 0 Å². The van der Waals surface area contributed by atoms with E-state index in [0.29, 0.717) is 0 Å². The van der Waals surface area contributed by atoms with E-state index in [1.807, 2.05) is 35.6 Å². The molecule has 1 atom stereocenters. The summed E-state index contributed by atoms with van der Waals surface area (Å²) >= 11 is 1.84. The Bertz CT molecular complexity index is 541. The molecular formula is C15H18N2OS. The minimum absolute atomic E-state index is 0.0113. The monoisotopic (exact) mass is 274 g/mol. The van der Waals surface area contributed by atoms with Crippen molar-refractivity contribution in [2.75, 3.05) is 7.11 Å². The smallest absolute Gasteiger partial charge is 0.118 e. The number of methoxy groups -OCH3 is 1. The summed E-state index contributed by atoms with van der Waals surface area (Å²) in [6, 6.07) is 7.99. The molecule has 3 rings (SSSR count). The Morgan fingerprint density at radius 2 is 2.11 bits per heavy atom. The van der Waals surface area contributed by atoms with Gasteiger partial charge in [0.1, 0.15) is 5.75 Å². The molecule has 2 aromatic rings. The van der Waals surface area contributed by atoms with Crippen molar-refractivity contribution in [1.82, 2.24) is 4.98 Å². The summed E-state index contributed by atoms with van der Waals surface area (Å²) < 4.78 is 5.16. The van der Waals surface area contributed by atoms with Crippen LogP contribution in [0.5, 0.6) is 5.75 Å². The number of nitrogens with two attached hydrogens (primary N) is 1. The minimum atomic E-state index is 0.0113. The van der Waals surface area contributed by atoms with E-state index < -0.39 is 0 Å². The van der Waals surface area contributed by atoms with Crippen LogP contribution in [-0.2, 0) is 19.3 Å². The zero-order valence-electron chi connectivity index (χ0n) is 11.1. The maximum Gasteiger partial charge on any atom is 0.118 e. The summed E-state index contributed by atoms with van der Waals surface area (Å²) in [5, 5.41) is 1.17. The number of aryl methyl sites for hydroxylation is 2. The molecule has 3 nitrogen and oxygen atoms in total. The fourth-order valence-electron chi connectivity index (χ4n) is 2.49. The van der Waals surface area contributed by atoms with Crippen molar-refractivity contribution in [2.24, 2.45) is 5.73 Å². The van der Waals surface area contributed by atoms with Crippen molar-refractivity contribution in [2.45, 2.75) is 31.7 Å². The van der Waals surface area contributed by atoms with Gasteiger partial charge in [-0.05, 0) is 37.0 Å². The first-order valence-corrected chi connectivity index (χ1v) is 7.45. The molecular weight excluding hydrogens is 256 g/mol. The fraction of sp³-hybridized carbons (Fsp3) is 0.400. The van der Waals surface area contributed by atoms with Crippen LogP contribution in [0, 0.1) is 0 Å². The molecule has 0 bridgehead atoms. The molecule has 1 aromatic heterocycles. The minimum Gasteiger partial charge on any atom is -0.497 e. The number of benzene rings is 1. The molecule has 0 fully saturated rings. The first kappa shape index (κ1) is 12.6. The number of thiazole rings is 1. The first-order valence-electron chi connectivity index (χ1n) is 6.63. The standard InChI is InChI=1S/C15H18N2OS/c1-18-11-7-5-10(6-8-11)12(16)9-15-17-13-3-2-4-14(13)19-15/h5-8,12H,2-4,9,16H2,1H3. The quantitative estimate of drug-likeness (QED) is 0.932. The molecule has 0 saturated heterocycles. The van der Waals surface area contributed by atoms with Crippen LogP contribution in [0.3, 0.4) is 0 Å². The molecule has 1 aromatic carbocycles. The van der Waals surface area contributed by atoms with Gasteiger partial charge in [-0.2, -0.15) is 0 Å². The van der Waals surface area contributed by atoms with E-state index >= 15 is 0 Å². The van der Waals surface area contributed by atoms with Crippen LogP contribution in [-0.4, -0.2) is 12.1 Å². The molecule has 1 unspecified atom stereocenters. The Labute approximate surface area is 117 Å². The zero-order chi connectivity index (χ0) is 13.2. The predicted octanol–water partition coefficient (Wildman–Crippen LogP) is 2.88. The van der Waals surface area contributed by atoms with Crippen molar-refractivity contribution >= 4 is 11.3 Å². The van der Waals surface area contributed by atoms with Crippen LogP contribution in [0.25, 0.3) is 0 Å². The number of hydrogen-bond acceptors (Lipinski definition) is 4. The van der Waals surface area contributed by atoms with E-state index in [4.69, 9.17) is 15.5 Å². The van der Waals surface area contributed by atoms with Gasteiger partial charge in [0.05, 0.1) is 17.8 Å². The highest BCUT2D eigenvalue weighted by Gasteiger charge is 2.18. The molecule has 4 heteroatoms. The Morgan fingerprint density at radius 3 is 2.79 bits per heavy atom. The molecule has 0 saturated carbocycles. The summed E-state index contributed by atoms with van der Waals surface area (Å²) in [5.74, 6) is 0.865. The van der Waals surface area contributed by atoms with E-state index in [-0.39, 0.29) is 6.04 Å². The Morgan fingerprint density at radius 1 is 1.32 bits per heavy atom. The summed E-state index contributed by atoms with van der Waals surface area (Å²) in [6.07, 6.45) is 4.43. The second kappa shape index (κ2) is 5.31. The highest BCUT2D eigenvalue weighted by molar-refractivity contribution is 7.11. The lowest BCUT2D eigenvalue weighted by molar-refractivity contribution is 0.414. The van der Waals surface area contributed by atoms with E-state index in [2.05, 4.69) is 0 Å². The molecule has 2 N–H and O–H groups in total. The molecule has 0 radical (unpaired) electrons. The average molecular weight is 274 g/mol. The lowest BCUT2D eigenvalue weighted by Crippen LogP contribution is -2.13. The lowest BCUT2D eigenvalue weighted by atomic mass is 10.1. The molecule has 100 valence electrons. The van der Waals surface area contributed by atoms with Gasteiger partial charge in [0, 0.05) is 17.3 Å². The maximum atomic E-state index is 6.26. The van der Waals surface area contributed by atoms with Crippen LogP contribution >= 0.6 is 11.3 Å². The van der Waals surface area contributed by atoms with Crippen LogP contribution < -0.4 is 10.5 Å². The van der Waals surface area contributed by atoms with Crippen molar-refractivity contribution in [1.29, 1.82) is 0 Å². The van der Waals surface area contributed by atoms with Gasteiger partial charge in [0.15, 0.2) is 0 Å². The second-order valence-corrected chi connectivity index (χ2v) is 6.08. The Balaban J connectivity index is 1.70. The normalized spacial score (nSPS) is 15.3. The maximum absolute atomic E-state index is 6.26. The highest BCUT2D eigenvalue weighted by atomic mass is 32.1. The van der Waals surface area contributed by atoms with Crippen molar-refractivity contribution in [3.63, 3.8) is 0 Å². The number of hydrogen-bond donors (Lipinski definition) is 1. The van der Waals surface area contributed by atoms with Gasteiger partial charge in [-0.25, -0.2) is 4.98 Å². The van der Waals surface area contributed by atoms with E-state index in [1.54, 1.807) is 7.11 Å².